The quantitative estimate of drug-likeness (QED) is 0.402. The number of rotatable bonds is 8. The first kappa shape index (κ1) is 21.4. The Morgan fingerprint density at radius 2 is 1.91 bits per heavy atom. The molecule has 164 valence electrons. The molecule has 7 nitrogen and oxygen atoms in total. The molecule has 0 radical (unpaired) electrons. The molecule has 0 saturated heterocycles. The summed E-state index contributed by atoms with van der Waals surface area (Å²) >= 11 is 0. The summed E-state index contributed by atoms with van der Waals surface area (Å²) in [7, 11) is 0. The molecule has 0 fully saturated rings. The fourth-order valence-electron chi connectivity index (χ4n) is 3.60. The van der Waals surface area contributed by atoms with Crippen molar-refractivity contribution in [2.75, 3.05) is 12.3 Å². The van der Waals surface area contributed by atoms with E-state index in [4.69, 9.17) is 25.5 Å². The van der Waals surface area contributed by atoms with Crippen molar-refractivity contribution in [3.05, 3.63) is 77.4 Å². The van der Waals surface area contributed by atoms with Crippen molar-refractivity contribution < 1.29 is 18.8 Å². The molecule has 0 atom stereocenters. The van der Waals surface area contributed by atoms with Gasteiger partial charge >= 0.3 is 5.97 Å². The third-order valence-electron chi connectivity index (χ3n) is 5.14. The summed E-state index contributed by atoms with van der Waals surface area (Å²) in [5.74, 6) is 0.663. The van der Waals surface area contributed by atoms with Gasteiger partial charge in [0.25, 0.3) is 0 Å². The topological polar surface area (TPSA) is 114 Å². The lowest BCUT2D eigenvalue weighted by molar-refractivity contribution is -0.142. The molecule has 4 rings (SSSR count). The normalized spacial score (nSPS) is 10.9. The van der Waals surface area contributed by atoms with E-state index in [1.165, 1.54) is 0 Å². The molecular formula is C25H25N3O4. The van der Waals surface area contributed by atoms with Crippen molar-refractivity contribution in [2.45, 2.75) is 26.5 Å². The number of ether oxygens (including phenoxy) is 2. The van der Waals surface area contributed by atoms with Gasteiger partial charge in [-0.05, 0) is 47.9 Å². The summed E-state index contributed by atoms with van der Waals surface area (Å²) in [6.07, 6.45) is 0.152. The van der Waals surface area contributed by atoms with Crippen LogP contribution >= 0.6 is 0 Å². The maximum atomic E-state index is 11.9. The number of hydrogen-bond donors (Lipinski definition) is 2. The van der Waals surface area contributed by atoms with Gasteiger partial charge in [0.1, 0.15) is 12.4 Å². The predicted octanol–water partition coefficient (Wildman–Crippen LogP) is 4.22. The number of anilines is 1. The zero-order chi connectivity index (χ0) is 22.5. The van der Waals surface area contributed by atoms with E-state index >= 15 is 0 Å². The fourth-order valence-corrected chi connectivity index (χ4v) is 3.60. The van der Waals surface area contributed by atoms with E-state index in [-0.39, 0.29) is 19.0 Å². The molecule has 1 aromatic heterocycles. The molecule has 7 heteroatoms. The third-order valence-corrected chi connectivity index (χ3v) is 5.14. The lowest BCUT2D eigenvalue weighted by Crippen LogP contribution is -2.09. The maximum absolute atomic E-state index is 11.9. The standard InChI is InChI=1S/C25H25N3O4/c1-2-30-23(29)13-19-7-3-4-9-22(19)31-15-17-11-20(18-8-5-6-16(10-18)14-26)24-21(12-17)25(27)28-32-24/h3-12H,2,13-15,26H2,1H3,(H2,27,28). The second-order valence-corrected chi connectivity index (χ2v) is 7.37. The van der Waals surface area contributed by atoms with Crippen LogP contribution in [0.3, 0.4) is 0 Å². The highest BCUT2D eigenvalue weighted by Crippen LogP contribution is 2.34. The van der Waals surface area contributed by atoms with Crippen LogP contribution in [0.15, 0.2) is 65.2 Å². The molecule has 0 aliphatic carbocycles. The van der Waals surface area contributed by atoms with Crippen LogP contribution in [0.4, 0.5) is 5.82 Å². The number of nitrogens with zero attached hydrogens (tertiary/aromatic N) is 1. The predicted molar refractivity (Wildman–Crippen MR) is 123 cm³/mol. The SMILES string of the molecule is CCOC(=O)Cc1ccccc1OCc1cc(-c2cccc(CN)c2)c2onc(N)c2c1. The van der Waals surface area contributed by atoms with Crippen LogP contribution in [0.5, 0.6) is 5.75 Å². The number of nitrogens with two attached hydrogens (primary N) is 2. The monoisotopic (exact) mass is 431 g/mol. The van der Waals surface area contributed by atoms with Crippen molar-refractivity contribution in [2.24, 2.45) is 5.73 Å². The number of aromatic nitrogens is 1. The number of nitrogen functional groups attached to an aromatic ring is 1. The first-order chi connectivity index (χ1) is 15.6. The second-order valence-electron chi connectivity index (χ2n) is 7.37. The molecule has 4 aromatic rings. The van der Waals surface area contributed by atoms with E-state index in [0.717, 1.165) is 33.2 Å². The number of hydrogen-bond acceptors (Lipinski definition) is 7. The first-order valence-electron chi connectivity index (χ1n) is 10.4. The van der Waals surface area contributed by atoms with Gasteiger partial charge in [-0.15, -0.1) is 0 Å². The van der Waals surface area contributed by atoms with E-state index in [0.29, 0.717) is 30.3 Å². The van der Waals surface area contributed by atoms with Crippen LogP contribution in [-0.2, 0) is 29.1 Å². The van der Waals surface area contributed by atoms with Crippen molar-refractivity contribution in [1.82, 2.24) is 5.16 Å². The molecule has 4 N–H and O–H groups in total. The number of carbonyl (C=O) groups excluding carboxylic acids is 1. The first-order valence-corrected chi connectivity index (χ1v) is 10.4. The maximum Gasteiger partial charge on any atom is 0.310 e. The van der Waals surface area contributed by atoms with E-state index in [2.05, 4.69) is 5.16 Å². The lowest BCUT2D eigenvalue weighted by Gasteiger charge is -2.13. The van der Waals surface area contributed by atoms with Gasteiger partial charge in [-0.2, -0.15) is 0 Å². The molecule has 0 amide bonds. The average molecular weight is 431 g/mol. The minimum Gasteiger partial charge on any atom is -0.489 e. The fraction of sp³-hybridized carbons (Fsp3) is 0.200. The molecule has 0 aliphatic heterocycles. The van der Waals surface area contributed by atoms with Crippen molar-refractivity contribution in [3.63, 3.8) is 0 Å². The van der Waals surface area contributed by atoms with Crippen LogP contribution in [0.25, 0.3) is 22.1 Å². The van der Waals surface area contributed by atoms with Crippen LogP contribution in [0.1, 0.15) is 23.6 Å². The van der Waals surface area contributed by atoms with Gasteiger partial charge in [0.05, 0.1) is 18.4 Å². The van der Waals surface area contributed by atoms with Crippen LogP contribution in [0.2, 0.25) is 0 Å². The Kier molecular flexibility index (Phi) is 6.37. The summed E-state index contributed by atoms with van der Waals surface area (Å²) in [6.45, 7) is 2.85. The molecular weight excluding hydrogens is 406 g/mol. The molecule has 32 heavy (non-hydrogen) atoms. The minimum absolute atomic E-state index is 0.152. The summed E-state index contributed by atoms with van der Waals surface area (Å²) in [4.78, 5) is 11.9. The molecule has 0 unspecified atom stereocenters. The van der Waals surface area contributed by atoms with E-state index in [1.54, 1.807) is 6.92 Å². The van der Waals surface area contributed by atoms with Gasteiger partial charge in [-0.25, -0.2) is 0 Å². The van der Waals surface area contributed by atoms with Crippen LogP contribution in [-0.4, -0.2) is 17.7 Å². The Bertz CT molecular complexity index is 1250. The number of benzene rings is 3. The highest BCUT2D eigenvalue weighted by molar-refractivity contribution is 5.98. The van der Waals surface area contributed by atoms with Crippen LogP contribution in [0, 0.1) is 0 Å². The summed E-state index contributed by atoms with van der Waals surface area (Å²) in [6, 6.07) is 19.3. The number of fused-ring (bicyclic) bond motifs is 1. The second kappa shape index (κ2) is 9.53. The van der Waals surface area contributed by atoms with Crippen molar-refractivity contribution in [1.29, 1.82) is 0 Å². The minimum atomic E-state index is -0.288. The lowest BCUT2D eigenvalue weighted by atomic mass is 9.98. The van der Waals surface area contributed by atoms with Gasteiger partial charge in [-0.1, -0.05) is 41.6 Å². The Balaban J connectivity index is 1.65. The van der Waals surface area contributed by atoms with Crippen LogP contribution < -0.4 is 16.2 Å². The van der Waals surface area contributed by atoms with E-state index < -0.39 is 0 Å². The number of esters is 1. The molecule has 3 aromatic carbocycles. The van der Waals surface area contributed by atoms with Crippen molar-refractivity contribution in [3.8, 4) is 16.9 Å². The Morgan fingerprint density at radius 3 is 2.72 bits per heavy atom. The molecule has 0 aliphatic rings. The van der Waals surface area contributed by atoms with Gasteiger partial charge in [0.2, 0.25) is 0 Å². The van der Waals surface area contributed by atoms with Gasteiger partial charge in [0, 0.05) is 17.7 Å². The largest absolute Gasteiger partial charge is 0.489 e. The molecule has 0 bridgehead atoms. The third kappa shape index (κ3) is 4.58. The Morgan fingerprint density at radius 1 is 1.06 bits per heavy atom. The molecule has 0 saturated carbocycles. The van der Waals surface area contributed by atoms with Gasteiger partial charge < -0.3 is 25.5 Å². The summed E-state index contributed by atoms with van der Waals surface area (Å²) < 4.78 is 16.7. The molecule has 0 spiro atoms. The highest BCUT2D eigenvalue weighted by Gasteiger charge is 2.15. The molecule has 1 heterocycles. The Labute approximate surface area is 185 Å². The summed E-state index contributed by atoms with van der Waals surface area (Å²) in [5, 5.41) is 4.66. The summed E-state index contributed by atoms with van der Waals surface area (Å²) in [5.41, 5.74) is 17.0. The van der Waals surface area contributed by atoms with Gasteiger partial charge in [-0.3, -0.25) is 4.79 Å². The smallest absolute Gasteiger partial charge is 0.310 e. The number of carbonyl (C=O) groups is 1. The zero-order valence-corrected chi connectivity index (χ0v) is 17.8. The zero-order valence-electron chi connectivity index (χ0n) is 17.8. The van der Waals surface area contributed by atoms with Crippen molar-refractivity contribution >= 4 is 22.8 Å². The highest BCUT2D eigenvalue weighted by atomic mass is 16.5. The van der Waals surface area contributed by atoms with E-state index in [9.17, 15) is 4.79 Å². The van der Waals surface area contributed by atoms with E-state index in [1.807, 2.05) is 60.7 Å². The Hall–Kier alpha value is -3.84. The number of para-hydroxylation sites is 1. The van der Waals surface area contributed by atoms with Gasteiger partial charge in [0.15, 0.2) is 11.4 Å². The average Bonchev–Trinajstić information content (AvgIpc) is 3.19.